The number of rotatable bonds is 1. The first-order chi connectivity index (χ1) is 8.58. The summed E-state index contributed by atoms with van der Waals surface area (Å²) < 4.78 is 0. The molecule has 1 aliphatic carbocycles. The van der Waals surface area contributed by atoms with Crippen LogP contribution in [0.15, 0.2) is 42.6 Å². The van der Waals surface area contributed by atoms with Gasteiger partial charge < -0.3 is 10.1 Å². The highest BCUT2D eigenvalue weighted by atomic mass is 16.3. The molecule has 1 aromatic carbocycles. The Balaban J connectivity index is 2.14. The SMILES string of the molecule is C[C@@]1(O)C=CC(=O)C[C@@H]1c1c[nH]c2ccccc12. The highest BCUT2D eigenvalue weighted by Gasteiger charge is 2.36. The van der Waals surface area contributed by atoms with Crippen molar-refractivity contribution in [1.82, 2.24) is 4.98 Å². The molecule has 92 valence electrons. The highest BCUT2D eigenvalue weighted by Crippen LogP contribution is 2.38. The van der Waals surface area contributed by atoms with E-state index in [0.29, 0.717) is 6.42 Å². The van der Waals surface area contributed by atoms with Crippen LogP contribution in [0.4, 0.5) is 0 Å². The summed E-state index contributed by atoms with van der Waals surface area (Å²) in [6.45, 7) is 1.75. The Labute approximate surface area is 105 Å². The Kier molecular flexibility index (Phi) is 2.38. The Bertz CT molecular complexity index is 637. The van der Waals surface area contributed by atoms with E-state index in [2.05, 4.69) is 4.98 Å². The van der Waals surface area contributed by atoms with Crippen molar-refractivity contribution in [2.75, 3.05) is 0 Å². The van der Waals surface area contributed by atoms with Crippen LogP contribution in [0, 0.1) is 0 Å². The monoisotopic (exact) mass is 241 g/mol. The molecule has 0 radical (unpaired) electrons. The van der Waals surface area contributed by atoms with Crippen molar-refractivity contribution in [3.63, 3.8) is 0 Å². The van der Waals surface area contributed by atoms with E-state index < -0.39 is 5.60 Å². The largest absolute Gasteiger partial charge is 0.385 e. The van der Waals surface area contributed by atoms with Crippen molar-refractivity contribution in [3.05, 3.63) is 48.2 Å². The van der Waals surface area contributed by atoms with Gasteiger partial charge in [0.2, 0.25) is 0 Å². The lowest BCUT2D eigenvalue weighted by Crippen LogP contribution is -2.34. The number of fused-ring (bicyclic) bond motifs is 1. The van der Waals surface area contributed by atoms with E-state index in [4.69, 9.17) is 0 Å². The van der Waals surface area contributed by atoms with Crippen molar-refractivity contribution >= 4 is 16.7 Å². The maximum atomic E-state index is 11.6. The lowest BCUT2D eigenvalue weighted by atomic mass is 9.76. The van der Waals surface area contributed by atoms with Crippen LogP contribution in [0.1, 0.15) is 24.8 Å². The summed E-state index contributed by atoms with van der Waals surface area (Å²) in [4.78, 5) is 14.8. The smallest absolute Gasteiger partial charge is 0.156 e. The summed E-state index contributed by atoms with van der Waals surface area (Å²) in [5.41, 5.74) is 1.07. The molecule has 1 aliphatic rings. The normalized spacial score (nSPS) is 27.9. The molecule has 3 heteroatoms. The summed E-state index contributed by atoms with van der Waals surface area (Å²) in [6.07, 6.45) is 5.33. The molecule has 0 spiro atoms. The third kappa shape index (κ3) is 1.68. The first kappa shape index (κ1) is 11.2. The molecule has 18 heavy (non-hydrogen) atoms. The Hall–Kier alpha value is -1.87. The van der Waals surface area contributed by atoms with E-state index in [9.17, 15) is 9.90 Å². The molecule has 0 saturated heterocycles. The van der Waals surface area contributed by atoms with Crippen molar-refractivity contribution in [3.8, 4) is 0 Å². The molecule has 3 nitrogen and oxygen atoms in total. The number of aromatic amines is 1. The molecule has 0 amide bonds. The third-order valence-corrected chi connectivity index (χ3v) is 3.71. The quantitative estimate of drug-likeness (QED) is 0.806. The van der Waals surface area contributed by atoms with E-state index in [0.717, 1.165) is 16.5 Å². The first-order valence-corrected chi connectivity index (χ1v) is 6.08. The number of benzene rings is 1. The second-order valence-electron chi connectivity index (χ2n) is 5.07. The average Bonchev–Trinajstić information content (AvgIpc) is 2.76. The van der Waals surface area contributed by atoms with Crippen LogP contribution < -0.4 is 0 Å². The van der Waals surface area contributed by atoms with Gasteiger partial charge in [-0.2, -0.15) is 0 Å². The van der Waals surface area contributed by atoms with Gasteiger partial charge in [-0.25, -0.2) is 0 Å². The van der Waals surface area contributed by atoms with Gasteiger partial charge in [-0.3, -0.25) is 4.79 Å². The lowest BCUT2D eigenvalue weighted by Gasteiger charge is -2.32. The van der Waals surface area contributed by atoms with Gasteiger partial charge in [0.25, 0.3) is 0 Å². The molecule has 1 aromatic heterocycles. The predicted molar refractivity (Wildman–Crippen MR) is 70.4 cm³/mol. The number of H-pyrrole nitrogens is 1. The van der Waals surface area contributed by atoms with Gasteiger partial charge in [-0.1, -0.05) is 18.2 Å². The molecular formula is C15H15NO2. The Morgan fingerprint density at radius 1 is 1.39 bits per heavy atom. The average molecular weight is 241 g/mol. The number of aliphatic hydroxyl groups is 1. The van der Waals surface area contributed by atoms with Crippen molar-refractivity contribution in [1.29, 1.82) is 0 Å². The zero-order chi connectivity index (χ0) is 12.8. The van der Waals surface area contributed by atoms with E-state index >= 15 is 0 Å². The minimum atomic E-state index is -0.973. The molecule has 2 N–H and O–H groups in total. The Morgan fingerprint density at radius 3 is 3.00 bits per heavy atom. The number of para-hydroxylation sites is 1. The third-order valence-electron chi connectivity index (χ3n) is 3.71. The lowest BCUT2D eigenvalue weighted by molar-refractivity contribution is -0.117. The molecule has 0 saturated carbocycles. The summed E-state index contributed by atoms with van der Waals surface area (Å²) in [6, 6.07) is 7.94. The number of hydrogen-bond donors (Lipinski definition) is 2. The van der Waals surface area contributed by atoms with Gasteiger partial charge in [0, 0.05) is 29.4 Å². The fraction of sp³-hybridized carbons (Fsp3) is 0.267. The van der Waals surface area contributed by atoms with Crippen molar-refractivity contribution in [2.24, 2.45) is 0 Å². The van der Waals surface area contributed by atoms with Gasteiger partial charge in [-0.05, 0) is 30.7 Å². The first-order valence-electron chi connectivity index (χ1n) is 6.08. The van der Waals surface area contributed by atoms with Crippen LogP contribution in [0.3, 0.4) is 0 Å². The summed E-state index contributed by atoms with van der Waals surface area (Å²) in [7, 11) is 0. The van der Waals surface area contributed by atoms with Crippen LogP contribution in [0.5, 0.6) is 0 Å². The maximum absolute atomic E-state index is 11.6. The second-order valence-corrected chi connectivity index (χ2v) is 5.07. The molecule has 0 bridgehead atoms. The minimum absolute atomic E-state index is 0.0665. The van der Waals surface area contributed by atoms with E-state index in [1.54, 1.807) is 13.0 Å². The van der Waals surface area contributed by atoms with Crippen molar-refractivity contribution in [2.45, 2.75) is 24.9 Å². The number of allylic oxidation sites excluding steroid dienone is 1. The van der Waals surface area contributed by atoms with Gasteiger partial charge in [0.15, 0.2) is 5.78 Å². The highest BCUT2D eigenvalue weighted by molar-refractivity contribution is 5.93. The van der Waals surface area contributed by atoms with E-state index in [1.165, 1.54) is 6.08 Å². The topological polar surface area (TPSA) is 53.1 Å². The summed E-state index contributed by atoms with van der Waals surface area (Å²) in [5, 5.41) is 11.5. The number of carbonyl (C=O) groups is 1. The van der Waals surface area contributed by atoms with E-state index in [-0.39, 0.29) is 11.7 Å². The van der Waals surface area contributed by atoms with Crippen molar-refractivity contribution < 1.29 is 9.90 Å². The van der Waals surface area contributed by atoms with Gasteiger partial charge in [-0.15, -0.1) is 0 Å². The number of carbonyl (C=O) groups excluding carboxylic acids is 1. The van der Waals surface area contributed by atoms with Crippen LogP contribution in [-0.2, 0) is 4.79 Å². The zero-order valence-corrected chi connectivity index (χ0v) is 10.2. The molecule has 2 aromatic rings. The van der Waals surface area contributed by atoms with Crippen LogP contribution in [0.25, 0.3) is 10.9 Å². The fourth-order valence-electron chi connectivity index (χ4n) is 2.66. The maximum Gasteiger partial charge on any atom is 0.156 e. The van der Waals surface area contributed by atoms with Gasteiger partial charge >= 0.3 is 0 Å². The molecule has 0 unspecified atom stereocenters. The molecule has 1 heterocycles. The zero-order valence-electron chi connectivity index (χ0n) is 10.2. The number of ketones is 1. The number of aromatic nitrogens is 1. The molecule has 2 atom stereocenters. The van der Waals surface area contributed by atoms with Crippen LogP contribution in [0.2, 0.25) is 0 Å². The van der Waals surface area contributed by atoms with E-state index in [1.807, 2.05) is 30.5 Å². The predicted octanol–water partition coefficient (Wildman–Crippen LogP) is 2.53. The number of nitrogens with one attached hydrogen (secondary N) is 1. The Morgan fingerprint density at radius 2 is 2.17 bits per heavy atom. The summed E-state index contributed by atoms with van der Waals surface area (Å²) >= 11 is 0. The second kappa shape index (κ2) is 3.82. The minimum Gasteiger partial charge on any atom is -0.385 e. The molecular weight excluding hydrogens is 226 g/mol. The van der Waals surface area contributed by atoms with Crippen LogP contribution in [-0.4, -0.2) is 21.5 Å². The molecule has 0 fully saturated rings. The summed E-state index contributed by atoms with van der Waals surface area (Å²) in [5.74, 6) is -0.122. The fourth-order valence-corrected chi connectivity index (χ4v) is 2.66. The molecule has 0 aliphatic heterocycles. The van der Waals surface area contributed by atoms with Gasteiger partial charge in [0.05, 0.1) is 5.60 Å². The number of hydrogen-bond acceptors (Lipinski definition) is 2. The van der Waals surface area contributed by atoms with Gasteiger partial charge in [0.1, 0.15) is 0 Å². The molecule has 3 rings (SSSR count). The van der Waals surface area contributed by atoms with Crippen LogP contribution >= 0.6 is 0 Å². The standard InChI is InChI=1S/C15H15NO2/c1-15(18)7-6-10(17)8-13(15)12-9-16-14-5-3-2-4-11(12)14/h2-7,9,13,16,18H,8H2,1H3/t13-,15-/m1/s1.